The maximum atomic E-state index is 12.3. The minimum Gasteiger partial charge on any atom is -0.394 e. The third-order valence-corrected chi connectivity index (χ3v) is 8.85. The van der Waals surface area contributed by atoms with Crippen LogP contribution in [0.1, 0.15) is 200 Å². The van der Waals surface area contributed by atoms with Crippen LogP contribution >= 0.6 is 0 Å². The van der Waals surface area contributed by atoms with E-state index in [1.807, 2.05) is 6.08 Å². The van der Waals surface area contributed by atoms with E-state index in [1.54, 1.807) is 6.08 Å². The van der Waals surface area contributed by atoms with Crippen LogP contribution in [0.2, 0.25) is 0 Å². The summed E-state index contributed by atoms with van der Waals surface area (Å²) in [6, 6.07) is -0.640. The highest BCUT2D eigenvalue weighted by Crippen LogP contribution is 2.14. The second-order valence-electron chi connectivity index (χ2n) is 13.3. The molecule has 0 fully saturated rings. The number of carbonyl (C=O) groups is 1. The molecule has 45 heavy (non-hydrogen) atoms. The number of nitrogens with one attached hydrogen (secondary N) is 1. The molecule has 0 aliphatic heterocycles. The summed E-state index contributed by atoms with van der Waals surface area (Å²) < 4.78 is 0. The predicted molar refractivity (Wildman–Crippen MR) is 198 cm³/mol. The Morgan fingerprint density at radius 2 is 0.867 bits per heavy atom. The van der Waals surface area contributed by atoms with Crippen molar-refractivity contribution in [1.82, 2.24) is 5.32 Å². The Balaban J connectivity index is 3.66. The van der Waals surface area contributed by atoms with E-state index in [0.717, 1.165) is 38.5 Å². The number of rotatable bonds is 35. The number of aliphatic hydroxyl groups is 2. The summed E-state index contributed by atoms with van der Waals surface area (Å²) >= 11 is 0. The number of unbranched alkanes of at least 4 members (excludes halogenated alkanes) is 24. The molecule has 1 amide bonds. The first kappa shape index (κ1) is 43.6. The van der Waals surface area contributed by atoms with Crippen LogP contribution in [0.25, 0.3) is 0 Å². The summed E-state index contributed by atoms with van der Waals surface area (Å²) in [5.74, 6) is -0.0801. The molecular weight excluding hydrogens is 554 g/mol. The van der Waals surface area contributed by atoms with Crippen molar-refractivity contribution in [2.45, 2.75) is 212 Å². The standard InChI is InChI=1S/C41H77NO3/c1-3-5-7-9-11-13-15-16-17-18-19-20-21-22-23-24-25-27-28-30-32-34-36-40(44)39(38-43)42-41(45)37-35-33-31-29-26-14-12-10-8-6-4-2/h22-23,27-28,34,36,39-40,43-44H,3-21,24-26,29-33,35,37-38H2,1-2H3,(H,42,45)/b23-22+,28-27+,36-34+. The third kappa shape index (κ3) is 33.8. The lowest BCUT2D eigenvalue weighted by Crippen LogP contribution is -2.45. The summed E-state index contributed by atoms with van der Waals surface area (Å²) in [6.07, 6.45) is 48.1. The highest BCUT2D eigenvalue weighted by molar-refractivity contribution is 5.76. The van der Waals surface area contributed by atoms with Gasteiger partial charge in [0.25, 0.3) is 0 Å². The first-order valence-electron chi connectivity index (χ1n) is 19.7. The smallest absolute Gasteiger partial charge is 0.220 e. The van der Waals surface area contributed by atoms with Gasteiger partial charge in [-0.15, -0.1) is 0 Å². The van der Waals surface area contributed by atoms with Crippen LogP contribution in [0.5, 0.6) is 0 Å². The van der Waals surface area contributed by atoms with Gasteiger partial charge in [0, 0.05) is 6.42 Å². The van der Waals surface area contributed by atoms with Gasteiger partial charge in [-0.2, -0.15) is 0 Å². The Morgan fingerprint density at radius 3 is 1.29 bits per heavy atom. The molecule has 2 atom stereocenters. The van der Waals surface area contributed by atoms with E-state index in [9.17, 15) is 15.0 Å². The van der Waals surface area contributed by atoms with Gasteiger partial charge in [-0.05, 0) is 44.9 Å². The fourth-order valence-corrected chi connectivity index (χ4v) is 5.80. The SMILES string of the molecule is CCCCCCCCCCCCCC/C=C/CC/C=C/CC/C=C/C(O)C(CO)NC(=O)CCCCCCCCCCCCC. The van der Waals surface area contributed by atoms with Gasteiger partial charge in [0.1, 0.15) is 0 Å². The van der Waals surface area contributed by atoms with Crippen molar-refractivity contribution in [3.05, 3.63) is 36.5 Å². The third-order valence-electron chi connectivity index (χ3n) is 8.85. The number of allylic oxidation sites excluding steroid dienone is 5. The number of aliphatic hydroxyl groups excluding tert-OH is 2. The highest BCUT2D eigenvalue weighted by Gasteiger charge is 2.17. The zero-order valence-corrected chi connectivity index (χ0v) is 30.1. The summed E-state index contributed by atoms with van der Waals surface area (Å²) in [5, 5.41) is 22.9. The molecule has 0 aromatic heterocycles. The molecule has 0 saturated carbocycles. The molecule has 2 unspecified atom stereocenters. The molecular formula is C41H77NO3. The van der Waals surface area contributed by atoms with Crippen LogP contribution in [0.4, 0.5) is 0 Å². The van der Waals surface area contributed by atoms with Gasteiger partial charge in [-0.3, -0.25) is 4.79 Å². The topological polar surface area (TPSA) is 69.6 Å². The van der Waals surface area contributed by atoms with Gasteiger partial charge in [-0.25, -0.2) is 0 Å². The van der Waals surface area contributed by atoms with Crippen molar-refractivity contribution < 1.29 is 15.0 Å². The van der Waals surface area contributed by atoms with Crippen molar-refractivity contribution in [1.29, 1.82) is 0 Å². The molecule has 3 N–H and O–H groups in total. The minimum absolute atomic E-state index is 0.0801. The zero-order valence-electron chi connectivity index (χ0n) is 30.1. The van der Waals surface area contributed by atoms with Crippen LogP contribution in [0.3, 0.4) is 0 Å². The number of amides is 1. The summed E-state index contributed by atoms with van der Waals surface area (Å²) in [5.41, 5.74) is 0. The molecule has 0 radical (unpaired) electrons. The lowest BCUT2D eigenvalue weighted by molar-refractivity contribution is -0.123. The van der Waals surface area contributed by atoms with Gasteiger partial charge in [0.05, 0.1) is 18.8 Å². The molecule has 0 saturated heterocycles. The van der Waals surface area contributed by atoms with Gasteiger partial charge in [-0.1, -0.05) is 185 Å². The zero-order chi connectivity index (χ0) is 32.9. The largest absolute Gasteiger partial charge is 0.394 e. The average molecular weight is 632 g/mol. The Kier molecular flexibility index (Phi) is 35.9. The molecule has 0 spiro atoms. The van der Waals surface area contributed by atoms with E-state index in [1.165, 1.54) is 141 Å². The van der Waals surface area contributed by atoms with Gasteiger partial charge >= 0.3 is 0 Å². The Labute approximate surface area is 281 Å². The van der Waals surface area contributed by atoms with Crippen molar-refractivity contribution in [2.75, 3.05) is 6.61 Å². The maximum absolute atomic E-state index is 12.3. The number of hydrogen-bond donors (Lipinski definition) is 3. The van der Waals surface area contributed by atoms with E-state index >= 15 is 0 Å². The van der Waals surface area contributed by atoms with Crippen LogP contribution < -0.4 is 5.32 Å². The van der Waals surface area contributed by atoms with Crippen LogP contribution in [-0.2, 0) is 4.79 Å². The second-order valence-corrected chi connectivity index (χ2v) is 13.3. The van der Waals surface area contributed by atoms with E-state index in [0.29, 0.717) is 6.42 Å². The first-order valence-corrected chi connectivity index (χ1v) is 19.7. The molecule has 0 aromatic carbocycles. The minimum atomic E-state index is -0.865. The van der Waals surface area contributed by atoms with Gasteiger partial charge < -0.3 is 15.5 Å². The maximum Gasteiger partial charge on any atom is 0.220 e. The van der Waals surface area contributed by atoms with Crippen LogP contribution in [0.15, 0.2) is 36.5 Å². The highest BCUT2D eigenvalue weighted by atomic mass is 16.3. The average Bonchev–Trinajstić information content (AvgIpc) is 3.04. The molecule has 0 heterocycles. The lowest BCUT2D eigenvalue weighted by Gasteiger charge is -2.19. The summed E-state index contributed by atoms with van der Waals surface area (Å²) in [6.45, 7) is 4.28. The molecule has 0 rings (SSSR count). The Morgan fingerprint density at radius 1 is 0.511 bits per heavy atom. The summed E-state index contributed by atoms with van der Waals surface area (Å²) in [4.78, 5) is 12.3. The van der Waals surface area contributed by atoms with E-state index in [2.05, 4.69) is 43.5 Å². The van der Waals surface area contributed by atoms with E-state index < -0.39 is 12.1 Å². The second kappa shape index (κ2) is 37.1. The molecule has 0 aromatic rings. The molecule has 4 nitrogen and oxygen atoms in total. The van der Waals surface area contributed by atoms with Gasteiger partial charge in [0.15, 0.2) is 0 Å². The molecule has 0 aliphatic rings. The quantitative estimate of drug-likeness (QED) is 0.0481. The monoisotopic (exact) mass is 632 g/mol. The molecule has 0 bridgehead atoms. The molecule has 0 aliphatic carbocycles. The lowest BCUT2D eigenvalue weighted by atomic mass is 10.0. The van der Waals surface area contributed by atoms with Crippen molar-refractivity contribution in [3.63, 3.8) is 0 Å². The van der Waals surface area contributed by atoms with Gasteiger partial charge in [0.2, 0.25) is 5.91 Å². The number of carbonyl (C=O) groups excluding carboxylic acids is 1. The number of hydrogen-bond acceptors (Lipinski definition) is 3. The Bertz CT molecular complexity index is 686. The van der Waals surface area contributed by atoms with Crippen LogP contribution in [0, 0.1) is 0 Å². The van der Waals surface area contributed by atoms with Crippen molar-refractivity contribution in [3.8, 4) is 0 Å². The normalized spacial score (nSPS) is 13.4. The van der Waals surface area contributed by atoms with E-state index in [-0.39, 0.29) is 12.5 Å². The van der Waals surface area contributed by atoms with E-state index in [4.69, 9.17) is 0 Å². The fraction of sp³-hybridized carbons (Fsp3) is 0.829. The molecule has 4 heteroatoms. The van der Waals surface area contributed by atoms with Crippen molar-refractivity contribution >= 4 is 5.91 Å². The fourth-order valence-electron chi connectivity index (χ4n) is 5.80. The Hall–Kier alpha value is -1.39. The first-order chi connectivity index (χ1) is 22.2. The predicted octanol–water partition coefficient (Wildman–Crippen LogP) is 11.8. The van der Waals surface area contributed by atoms with Crippen LogP contribution in [-0.4, -0.2) is 34.9 Å². The summed E-state index contributed by atoms with van der Waals surface area (Å²) in [7, 11) is 0. The van der Waals surface area contributed by atoms with Crippen molar-refractivity contribution in [2.24, 2.45) is 0 Å². The molecule has 264 valence electrons.